The molecule has 3 rings (SSSR count). The predicted molar refractivity (Wildman–Crippen MR) is 95.5 cm³/mol. The van der Waals surface area contributed by atoms with Gasteiger partial charge in [0.15, 0.2) is 0 Å². The molecule has 0 bridgehead atoms. The number of nitrogens with zero attached hydrogens (tertiary/aromatic N) is 3. The van der Waals surface area contributed by atoms with Crippen molar-refractivity contribution in [2.24, 2.45) is 0 Å². The van der Waals surface area contributed by atoms with Gasteiger partial charge in [-0.05, 0) is 18.6 Å². The van der Waals surface area contributed by atoms with Crippen molar-refractivity contribution in [1.29, 1.82) is 0 Å². The smallest absolute Gasteiger partial charge is 0.233 e. The van der Waals surface area contributed by atoms with Crippen LogP contribution in [0.5, 0.6) is 0 Å². The fourth-order valence-electron chi connectivity index (χ4n) is 2.29. The van der Waals surface area contributed by atoms with Gasteiger partial charge in [-0.15, -0.1) is 0 Å². The molecule has 1 aliphatic heterocycles. The maximum Gasteiger partial charge on any atom is 0.233 e. The van der Waals surface area contributed by atoms with Gasteiger partial charge in [-0.2, -0.15) is 0 Å². The fourth-order valence-corrected chi connectivity index (χ4v) is 4.18. The molecule has 1 amide bonds. The number of carbonyl (C=O) groups is 1. The summed E-state index contributed by atoms with van der Waals surface area (Å²) in [5.41, 5.74) is 1.20. The van der Waals surface area contributed by atoms with E-state index in [9.17, 15) is 4.79 Å². The van der Waals surface area contributed by atoms with E-state index in [1.54, 1.807) is 24.2 Å². The molecule has 1 saturated heterocycles. The van der Waals surface area contributed by atoms with Crippen LogP contribution in [0, 0.1) is 6.92 Å². The van der Waals surface area contributed by atoms with Crippen LogP contribution in [-0.4, -0.2) is 52.8 Å². The first kappa shape index (κ1) is 17.3. The Hall–Kier alpha value is -1.57. The van der Waals surface area contributed by atoms with E-state index < -0.39 is 0 Å². The second-order valence-corrected chi connectivity index (χ2v) is 7.31. The lowest BCUT2D eigenvalue weighted by atomic mass is 10.2. The van der Waals surface area contributed by atoms with Gasteiger partial charge in [-0.3, -0.25) is 4.79 Å². The summed E-state index contributed by atoms with van der Waals surface area (Å²) in [7, 11) is 0. The van der Waals surface area contributed by atoms with Gasteiger partial charge in [0.05, 0.1) is 19.0 Å². The van der Waals surface area contributed by atoms with Crippen LogP contribution in [0.15, 0.2) is 51.6 Å². The van der Waals surface area contributed by atoms with Crippen molar-refractivity contribution in [3.63, 3.8) is 0 Å². The van der Waals surface area contributed by atoms with Crippen molar-refractivity contribution in [3.05, 3.63) is 42.2 Å². The molecule has 0 unspecified atom stereocenters. The summed E-state index contributed by atoms with van der Waals surface area (Å²) in [6, 6.07) is 8.18. The number of ether oxygens (including phenoxy) is 1. The Morgan fingerprint density at radius 2 is 1.88 bits per heavy atom. The Morgan fingerprint density at radius 3 is 2.62 bits per heavy atom. The molecule has 2 heterocycles. The second kappa shape index (κ2) is 8.50. The molecular formula is C17H19N3O2S2. The maximum absolute atomic E-state index is 12.3. The molecule has 0 saturated carbocycles. The molecule has 24 heavy (non-hydrogen) atoms. The van der Waals surface area contributed by atoms with Gasteiger partial charge in [-0.25, -0.2) is 9.97 Å². The van der Waals surface area contributed by atoms with E-state index in [1.807, 2.05) is 17.0 Å². The van der Waals surface area contributed by atoms with E-state index in [0.717, 1.165) is 14.9 Å². The molecule has 0 radical (unpaired) electrons. The Balaban J connectivity index is 1.66. The van der Waals surface area contributed by atoms with E-state index in [0.29, 0.717) is 32.1 Å². The van der Waals surface area contributed by atoms with Crippen LogP contribution in [0.25, 0.3) is 0 Å². The molecule has 126 valence electrons. The lowest BCUT2D eigenvalue weighted by molar-refractivity contribution is -0.132. The van der Waals surface area contributed by atoms with Crippen molar-refractivity contribution in [2.75, 3.05) is 32.1 Å². The van der Waals surface area contributed by atoms with Gasteiger partial charge < -0.3 is 9.64 Å². The van der Waals surface area contributed by atoms with Crippen LogP contribution < -0.4 is 0 Å². The van der Waals surface area contributed by atoms with E-state index in [-0.39, 0.29) is 5.91 Å². The second-order valence-electron chi connectivity index (χ2n) is 5.32. The Morgan fingerprint density at radius 1 is 1.17 bits per heavy atom. The summed E-state index contributed by atoms with van der Waals surface area (Å²) in [5.74, 6) is 0.501. The van der Waals surface area contributed by atoms with Gasteiger partial charge in [0, 0.05) is 30.4 Å². The first-order valence-corrected chi connectivity index (χ1v) is 9.57. The third-order valence-electron chi connectivity index (χ3n) is 3.63. The maximum atomic E-state index is 12.3. The molecular weight excluding hydrogens is 342 g/mol. The van der Waals surface area contributed by atoms with Crippen molar-refractivity contribution >= 4 is 29.4 Å². The third-order valence-corrected chi connectivity index (χ3v) is 5.89. The van der Waals surface area contributed by atoms with Crippen LogP contribution >= 0.6 is 23.5 Å². The van der Waals surface area contributed by atoms with E-state index in [2.05, 4.69) is 29.0 Å². The number of rotatable bonds is 5. The van der Waals surface area contributed by atoms with Crippen molar-refractivity contribution in [3.8, 4) is 0 Å². The van der Waals surface area contributed by atoms with Crippen molar-refractivity contribution in [2.45, 2.75) is 21.9 Å². The predicted octanol–water partition coefficient (Wildman–Crippen LogP) is 2.89. The van der Waals surface area contributed by atoms with Crippen LogP contribution in [0.2, 0.25) is 0 Å². The highest BCUT2D eigenvalue weighted by Crippen LogP contribution is 2.34. The minimum atomic E-state index is 0.126. The highest BCUT2D eigenvalue weighted by Gasteiger charge is 2.18. The van der Waals surface area contributed by atoms with Crippen molar-refractivity contribution < 1.29 is 9.53 Å². The quantitative estimate of drug-likeness (QED) is 0.764. The van der Waals surface area contributed by atoms with Gasteiger partial charge in [-0.1, -0.05) is 41.7 Å². The lowest BCUT2D eigenvalue weighted by Gasteiger charge is -2.26. The molecule has 5 nitrogen and oxygen atoms in total. The zero-order valence-electron chi connectivity index (χ0n) is 13.5. The number of benzene rings is 1. The average molecular weight is 361 g/mol. The lowest BCUT2D eigenvalue weighted by Crippen LogP contribution is -2.41. The third kappa shape index (κ3) is 4.49. The monoisotopic (exact) mass is 361 g/mol. The zero-order chi connectivity index (χ0) is 16.8. The summed E-state index contributed by atoms with van der Waals surface area (Å²) >= 11 is 3.04. The van der Waals surface area contributed by atoms with E-state index in [1.165, 1.54) is 17.3 Å². The first-order valence-electron chi connectivity index (χ1n) is 7.77. The molecule has 7 heteroatoms. The van der Waals surface area contributed by atoms with Crippen molar-refractivity contribution in [1.82, 2.24) is 14.9 Å². The summed E-state index contributed by atoms with van der Waals surface area (Å²) in [6.07, 6.45) is 3.36. The molecule has 0 N–H and O–H groups in total. The summed E-state index contributed by atoms with van der Waals surface area (Å²) in [4.78, 5) is 24.1. The number of carbonyl (C=O) groups excluding carboxylic acids is 1. The topological polar surface area (TPSA) is 55.3 Å². The molecule has 0 aliphatic carbocycles. The number of hydrogen-bond acceptors (Lipinski definition) is 6. The standard InChI is InChI=1S/C17H19N3O2S2/c1-13-4-2-3-5-14(13)24-17-16(18-6-7-19-17)23-12-15(21)20-8-10-22-11-9-20/h2-7H,8-12H2,1H3. The zero-order valence-corrected chi connectivity index (χ0v) is 15.1. The highest BCUT2D eigenvalue weighted by molar-refractivity contribution is 8.02. The van der Waals surface area contributed by atoms with E-state index >= 15 is 0 Å². The molecule has 0 spiro atoms. The summed E-state index contributed by atoms with van der Waals surface area (Å²) in [6.45, 7) is 4.66. The highest BCUT2D eigenvalue weighted by atomic mass is 32.2. The first-order chi connectivity index (χ1) is 11.7. The number of hydrogen-bond donors (Lipinski definition) is 0. The van der Waals surface area contributed by atoms with Crippen LogP contribution in [-0.2, 0) is 9.53 Å². The summed E-state index contributed by atoms with van der Waals surface area (Å²) in [5, 5.41) is 1.64. The Labute approximate surface area is 150 Å². The average Bonchev–Trinajstić information content (AvgIpc) is 2.63. The Bertz CT molecular complexity index is 706. The molecule has 2 aromatic rings. The SMILES string of the molecule is Cc1ccccc1Sc1nccnc1SCC(=O)N1CCOCC1. The number of morpholine rings is 1. The Kier molecular flexibility index (Phi) is 6.12. The molecule has 1 aliphatic rings. The fraction of sp³-hybridized carbons (Fsp3) is 0.353. The molecule has 0 atom stereocenters. The largest absolute Gasteiger partial charge is 0.378 e. The van der Waals surface area contributed by atoms with Gasteiger partial charge in [0.2, 0.25) is 5.91 Å². The number of aryl methyl sites for hydroxylation is 1. The molecule has 1 aromatic heterocycles. The van der Waals surface area contributed by atoms with Gasteiger partial charge in [0.1, 0.15) is 10.1 Å². The van der Waals surface area contributed by atoms with E-state index in [4.69, 9.17) is 4.74 Å². The van der Waals surface area contributed by atoms with Gasteiger partial charge in [0.25, 0.3) is 0 Å². The molecule has 1 aromatic carbocycles. The normalized spacial score (nSPS) is 14.6. The summed E-state index contributed by atoms with van der Waals surface area (Å²) < 4.78 is 5.28. The number of thioether (sulfide) groups is 1. The van der Waals surface area contributed by atoms with Crippen LogP contribution in [0.3, 0.4) is 0 Å². The van der Waals surface area contributed by atoms with Crippen LogP contribution in [0.1, 0.15) is 5.56 Å². The van der Waals surface area contributed by atoms with Gasteiger partial charge >= 0.3 is 0 Å². The minimum absolute atomic E-state index is 0.126. The number of amides is 1. The minimum Gasteiger partial charge on any atom is -0.378 e. The molecule has 1 fully saturated rings. The van der Waals surface area contributed by atoms with Crippen LogP contribution in [0.4, 0.5) is 0 Å². The number of aromatic nitrogens is 2.